The molecule has 12 heavy (non-hydrogen) atoms. The number of hydrogen-bond acceptors (Lipinski definition) is 1. The predicted molar refractivity (Wildman–Crippen MR) is 52.4 cm³/mol. The Bertz CT molecular complexity index is 287. The molecule has 0 aliphatic carbocycles. The van der Waals surface area contributed by atoms with Crippen LogP contribution in [-0.2, 0) is 0 Å². The molecule has 1 heteroatoms. The van der Waals surface area contributed by atoms with E-state index in [-0.39, 0.29) is 0 Å². The summed E-state index contributed by atoms with van der Waals surface area (Å²) in [5, 5.41) is 0. The van der Waals surface area contributed by atoms with Crippen molar-refractivity contribution in [1.29, 1.82) is 0 Å². The number of terminal acetylenes is 1. The zero-order chi connectivity index (χ0) is 8.97. The summed E-state index contributed by atoms with van der Waals surface area (Å²) in [4.78, 5) is 2.20. The van der Waals surface area contributed by atoms with Gasteiger partial charge in [0, 0.05) is 19.3 Å². The number of hydrogen-bond donors (Lipinski definition) is 0. The van der Waals surface area contributed by atoms with Crippen molar-refractivity contribution in [3.8, 4) is 12.3 Å². The minimum atomic E-state index is 0.987. The maximum atomic E-state index is 5.08. The highest BCUT2D eigenvalue weighted by molar-refractivity contribution is 5.34. The van der Waals surface area contributed by atoms with Gasteiger partial charge in [0.05, 0.1) is 0 Å². The standard InChI is InChI=1S/C11H13N/c1-4-5-6-7-11-8-10(2)12(3)9-11/h1,5-8H,9H2,2-3H3/b6-5-,11-7-. The van der Waals surface area contributed by atoms with E-state index >= 15 is 0 Å². The Balaban J connectivity index is 2.64. The first kappa shape index (κ1) is 8.67. The molecule has 0 unspecified atom stereocenters. The first-order valence-corrected chi connectivity index (χ1v) is 3.95. The summed E-state index contributed by atoms with van der Waals surface area (Å²) in [5.41, 5.74) is 2.61. The van der Waals surface area contributed by atoms with Crippen molar-refractivity contribution >= 4 is 0 Å². The molecule has 0 radical (unpaired) electrons. The van der Waals surface area contributed by atoms with Gasteiger partial charge in [0.2, 0.25) is 0 Å². The van der Waals surface area contributed by atoms with Crippen LogP contribution in [0.25, 0.3) is 0 Å². The van der Waals surface area contributed by atoms with Crippen LogP contribution in [0.2, 0.25) is 0 Å². The van der Waals surface area contributed by atoms with E-state index in [1.807, 2.05) is 12.2 Å². The van der Waals surface area contributed by atoms with Gasteiger partial charge in [-0.15, -0.1) is 6.42 Å². The van der Waals surface area contributed by atoms with Crippen molar-refractivity contribution in [1.82, 2.24) is 4.90 Å². The summed E-state index contributed by atoms with van der Waals surface area (Å²) < 4.78 is 0. The van der Waals surface area contributed by atoms with Crippen LogP contribution in [0.5, 0.6) is 0 Å². The van der Waals surface area contributed by atoms with Gasteiger partial charge in [-0.05, 0) is 24.6 Å². The molecule has 0 saturated heterocycles. The molecule has 0 aromatic rings. The Hall–Kier alpha value is -1.42. The lowest BCUT2D eigenvalue weighted by molar-refractivity contribution is 0.481. The fourth-order valence-electron chi connectivity index (χ4n) is 1.15. The van der Waals surface area contributed by atoms with Crippen molar-refractivity contribution in [3.63, 3.8) is 0 Å². The molecule has 1 rings (SSSR count). The van der Waals surface area contributed by atoms with E-state index < -0.39 is 0 Å². The molecule has 1 nitrogen and oxygen atoms in total. The normalized spacial score (nSPS) is 20.2. The summed E-state index contributed by atoms with van der Waals surface area (Å²) >= 11 is 0. The van der Waals surface area contributed by atoms with Crippen LogP contribution in [-0.4, -0.2) is 18.5 Å². The smallest absolute Gasteiger partial charge is 0.0423 e. The second-order valence-electron chi connectivity index (χ2n) is 2.91. The second kappa shape index (κ2) is 3.82. The van der Waals surface area contributed by atoms with Crippen LogP contribution < -0.4 is 0 Å². The molecule has 0 aromatic heterocycles. The highest BCUT2D eigenvalue weighted by Crippen LogP contribution is 2.16. The fraction of sp³-hybridized carbons (Fsp3) is 0.273. The average molecular weight is 159 g/mol. The van der Waals surface area contributed by atoms with Gasteiger partial charge in [0.15, 0.2) is 0 Å². The average Bonchev–Trinajstić information content (AvgIpc) is 2.32. The molecule has 0 spiro atoms. The largest absolute Gasteiger partial charge is 0.374 e. The summed E-state index contributed by atoms with van der Waals surface area (Å²) in [6, 6.07) is 0. The van der Waals surface area contributed by atoms with Crippen LogP contribution in [0.4, 0.5) is 0 Å². The quantitative estimate of drug-likeness (QED) is 0.528. The van der Waals surface area contributed by atoms with E-state index in [2.05, 4.69) is 30.9 Å². The van der Waals surface area contributed by atoms with Crippen molar-refractivity contribution in [2.75, 3.05) is 13.6 Å². The molecule has 62 valence electrons. The molecule has 0 atom stereocenters. The molecule has 1 aliphatic rings. The summed E-state index contributed by atoms with van der Waals surface area (Å²) in [5.74, 6) is 2.45. The topological polar surface area (TPSA) is 3.24 Å². The van der Waals surface area contributed by atoms with Gasteiger partial charge in [0.25, 0.3) is 0 Å². The van der Waals surface area contributed by atoms with Crippen molar-refractivity contribution in [2.45, 2.75) is 6.92 Å². The second-order valence-corrected chi connectivity index (χ2v) is 2.91. The highest BCUT2D eigenvalue weighted by Gasteiger charge is 2.08. The third-order valence-corrected chi connectivity index (χ3v) is 1.92. The van der Waals surface area contributed by atoms with E-state index in [9.17, 15) is 0 Å². The maximum Gasteiger partial charge on any atom is 0.0423 e. The summed E-state index contributed by atoms with van der Waals surface area (Å²) in [6.45, 7) is 3.09. The zero-order valence-electron chi connectivity index (χ0n) is 7.54. The van der Waals surface area contributed by atoms with E-state index in [1.54, 1.807) is 6.08 Å². The third kappa shape index (κ3) is 2.03. The SMILES string of the molecule is C#C/C=C\C=C1\C=C(C)N(C)C1. The third-order valence-electron chi connectivity index (χ3n) is 1.92. The van der Waals surface area contributed by atoms with Gasteiger partial charge in [-0.25, -0.2) is 0 Å². The first-order valence-electron chi connectivity index (χ1n) is 3.95. The Morgan fingerprint density at radius 3 is 2.92 bits per heavy atom. The van der Waals surface area contributed by atoms with Crippen LogP contribution in [0, 0.1) is 12.3 Å². The molecular formula is C11H13N. The molecule has 0 N–H and O–H groups in total. The Morgan fingerprint density at radius 2 is 2.42 bits per heavy atom. The summed E-state index contributed by atoms with van der Waals surface area (Å²) in [6.07, 6.45) is 12.9. The molecule has 1 heterocycles. The van der Waals surface area contributed by atoms with Gasteiger partial charge >= 0.3 is 0 Å². The van der Waals surface area contributed by atoms with Gasteiger partial charge in [-0.1, -0.05) is 18.1 Å². The van der Waals surface area contributed by atoms with Gasteiger partial charge in [-0.2, -0.15) is 0 Å². The van der Waals surface area contributed by atoms with Gasteiger partial charge in [-0.3, -0.25) is 0 Å². The van der Waals surface area contributed by atoms with Crippen LogP contribution in [0.1, 0.15) is 6.92 Å². The first-order chi connectivity index (χ1) is 5.74. The lowest BCUT2D eigenvalue weighted by Crippen LogP contribution is -2.11. The fourth-order valence-corrected chi connectivity index (χ4v) is 1.15. The van der Waals surface area contributed by atoms with Gasteiger partial charge < -0.3 is 4.90 Å². The Kier molecular flexibility index (Phi) is 2.76. The van der Waals surface area contributed by atoms with Crippen molar-refractivity contribution in [2.24, 2.45) is 0 Å². The Labute approximate surface area is 74.1 Å². The van der Waals surface area contributed by atoms with Crippen LogP contribution in [0.15, 0.2) is 35.6 Å². The highest BCUT2D eigenvalue weighted by atomic mass is 15.1. The van der Waals surface area contributed by atoms with Crippen molar-refractivity contribution < 1.29 is 0 Å². The maximum absolute atomic E-state index is 5.08. The van der Waals surface area contributed by atoms with Crippen LogP contribution in [0.3, 0.4) is 0 Å². The predicted octanol–water partition coefficient (Wildman–Crippen LogP) is 1.95. The number of likely N-dealkylation sites (N-methyl/N-ethyl adjacent to an activating group) is 1. The van der Waals surface area contributed by atoms with E-state index in [1.165, 1.54) is 11.3 Å². The lowest BCUT2D eigenvalue weighted by atomic mass is 10.2. The number of rotatable bonds is 1. The molecule has 0 fully saturated rings. The number of nitrogens with zero attached hydrogens (tertiary/aromatic N) is 1. The minimum absolute atomic E-state index is 0.987. The number of allylic oxidation sites excluding steroid dienone is 4. The lowest BCUT2D eigenvalue weighted by Gasteiger charge is -2.10. The molecule has 0 bridgehead atoms. The molecule has 1 aliphatic heterocycles. The summed E-state index contributed by atoms with van der Waals surface area (Å²) in [7, 11) is 2.08. The van der Waals surface area contributed by atoms with Gasteiger partial charge in [0.1, 0.15) is 0 Å². The molecule has 0 aromatic carbocycles. The monoisotopic (exact) mass is 159 g/mol. The zero-order valence-corrected chi connectivity index (χ0v) is 7.54. The molecule has 0 amide bonds. The molecule has 0 saturated carbocycles. The van der Waals surface area contributed by atoms with E-state index in [0.29, 0.717) is 0 Å². The van der Waals surface area contributed by atoms with E-state index in [4.69, 9.17) is 6.42 Å². The van der Waals surface area contributed by atoms with Crippen molar-refractivity contribution in [3.05, 3.63) is 35.6 Å². The minimum Gasteiger partial charge on any atom is -0.374 e. The Morgan fingerprint density at radius 1 is 1.67 bits per heavy atom. The van der Waals surface area contributed by atoms with Crippen LogP contribution >= 0.6 is 0 Å². The molecular weight excluding hydrogens is 146 g/mol. The van der Waals surface area contributed by atoms with E-state index in [0.717, 1.165) is 6.54 Å².